The number of carbonyl (C=O) groups excluding carboxylic acids is 2. The minimum absolute atomic E-state index is 0.0810. The molecule has 0 aromatic carbocycles. The molecule has 0 bridgehead atoms. The SMILES string of the molecule is C[C](=O)[Al]([CH3])[C](C)=O. The number of hydrogen-bond acceptors (Lipinski definition) is 2. The molecule has 0 saturated heterocycles. The lowest BCUT2D eigenvalue weighted by Gasteiger charge is -1.90. The van der Waals surface area contributed by atoms with Crippen LogP contribution in [0.3, 0.4) is 0 Å². The van der Waals surface area contributed by atoms with E-state index in [2.05, 4.69) is 0 Å². The van der Waals surface area contributed by atoms with Crippen LogP contribution in [0, 0.1) is 0 Å². The predicted molar refractivity (Wildman–Crippen MR) is 33.0 cm³/mol. The van der Waals surface area contributed by atoms with E-state index in [1.165, 1.54) is 13.8 Å². The van der Waals surface area contributed by atoms with E-state index in [4.69, 9.17) is 0 Å². The lowest BCUT2D eigenvalue weighted by molar-refractivity contribution is -0.113. The summed E-state index contributed by atoms with van der Waals surface area (Å²) < 4.78 is 0.162. The molecule has 8 heavy (non-hydrogen) atoms. The quantitative estimate of drug-likeness (QED) is 0.503. The summed E-state index contributed by atoms with van der Waals surface area (Å²) in [6.07, 6.45) is 0. The Labute approximate surface area is 53.3 Å². The summed E-state index contributed by atoms with van der Waals surface area (Å²) >= 11 is -1.63. The van der Waals surface area contributed by atoms with E-state index in [0.717, 1.165) is 0 Å². The average molecular weight is 128 g/mol. The number of rotatable bonds is 2. The van der Waals surface area contributed by atoms with Crippen LogP contribution < -0.4 is 0 Å². The molecule has 0 unspecified atom stereocenters. The highest BCUT2D eigenvalue weighted by atomic mass is 27.2. The molecule has 0 amide bonds. The van der Waals surface area contributed by atoms with Crippen molar-refractivity contribution in [2.24, 2.45) is 0 Å². The van der Waals surface area contributed by atoms with Gasteiger partial charge in [0.2, 0.25) is 0 Å². The van der Waals surface area contributed by atoms with Crippen molar-refractivity contribution in [3.8, 4) is 0 Å². The molecule has 0 aromatic rings. The second-order valence-electron chi connectivity index (χ2n) is 1.94. The maximum Gasteiger partial charge on any atom is 0.457 e. The summed E-state index contributed by atoms with van der Waals surface area (Å²) in [4.78, 5) is 20.9. The van der Waals surface area contributed by atoms with E-state index in [1.807, 2.05) is 0 Å². The third kappa shape index (κ3) is 2.25. The van der Waals surface area contributed by atoms with Crippen LogP contribution in [0.1, 0.15) is 13.8 Å². The van der Waals surface area contributed by atoms with Crippen molar-refractivity contribution in [3.63, 3.8) is 0 Å². The molecule has 0 aromatic heterocycles. The average Bonchev–Trinajstić information content (AvgIpc) is 1.64. The molecule has 3 heteroatoms. The normalized spacial score (nSPS) is 8.38. The van der Waals surface area contributed by atoms with E-state index in [-0.39, 0.29) is 9.29 Å². The van der Waals surface area contributed by atoms with Crippen molar-refractivity contribution in [1.82, 2.24) is 0 Å². The van der Waals surface area contributed by atoms with Crippen LogP contribution in [-0.2, 0) is 9.59 Å². The standard InChI is InChI=1S/2C2H3O.CH3.Al/c2*1-2-3;;/h2*1H3;1H3;. The summed E-state index contributed by atoms with van der Waals surface area (Å²) in [5.41, 5.74) is 0. The fourth-order valence-electron chi connectivity index (χ4n) is 0.286. The first-order valence-corrected chi connectivity index (χ1v) is 4.87. The van der Waals surface area contributed by atoms with Crippen LogP contribution >= 0.6 is 0 Å². The molecule has 44 valence electrons. The van der Waals surface area contributed by atoms with E-state index in [0.29, 0.717) is 0 Å². The van der Waals surface area contributed by atoms with Gasteiger partial charge >= 0.3 is 14.1 Å². The van der Waals surface area contributed by atoms with Gasteiger partial charge in [0, 0.05) is 0 Å². The molecule has 0 saturated carbocycles. The summed E-state index contributed by atoms with van der Waals surface area (Å²) in [6, 6.07) is 0. The summed E-state index contributed by atoms with van der Waals surface area (Å²) in [7, 11) is 0. The van der Waals surface area contributed by atoms with Gasteiger partial charge in [-0.05, 0) is 13.8 Å². The minimum Gasteiger partial charge on any atom is -0.320 e. The lowest BCUT2D eigenvalue weighted by atomic mass is 10.9. The van der Waals surface area contributed by atoms with E-state index in [9.17, 15) is 9.59 Å². The van der Waals surface area contributed by atoms with Crippen molar-refractivity contribution >= 4 is 23.4 Å². The Morgan fingerprint density at radius 3 is 1.38 bits per heavy atom. The van der Waals surface area contributed by atoms with Gasteiger partial charge in [-0.25, -0.2) is 0 Å². The second kappa shape index (κ2) is 3.01. The molecule has 0 atom stereocenters. The molecule has 0 N–H and O–H groups in total. The Balaban J connectivity index is 3.83. The molecule has 0 radical (unpaired) electrons. The Bertz CT molecular complexity index is 106. The molecular formula is C5H9AlO2. The molecular weight excluding hydrogens is 119 g/mol. The molecule has 0 rings (SSSR count). The molecule has 0 aliphatic rings. The maximum absolute atomic E-state index is 10.4. The zero-order valence-corrected chi connectivity index (χ0v) is 6.55. The molecule has 0 fully saturated rings. The second-order valence-corrected chi connectivity index (χ2v) is 5.01. The van der Waals surface area contributed by atoms with Gasteiger partial charge < -0.3 is 9.59 Å². The zero-order valence-electron chi connectivity index (χ0n) is 5.39. The highest BCUT2D eigenvalue weighted by Gasteiger charge is 2.22. The topological polar surface area (TPSA) is 34.1 Å². The summed E-state index contributed by atoms with van der Waals surface area (Å²) in [5.74, 6) is 1.75. The molecule has 0 aliphatic heterocycles. The smallest absolute Gasteiger partial charge is 0.320 e. The van der Waals surface area contributed by atoms with Gasteiger partial charge in [0.05, 0.1) is 9.29 Å². The van der Waals surface area contributed by atoms with E-state index >= 15 is 0 Å². The molecule has 0 spiro atoms. The van der Waals surface area contributed by atoms with Gasteiger partial charge in [0.15, 0.2) is 0 Å². The highest BCUT2D eigenvalue weighted by Crippen LogP contribution is 1.83. The first kappa shape index (κ1) is 7.87. The van der Waals surface area contributed by atoms with Crippen LogP contribution in [0.25, 0.3) is 0 Å². The predicted octanol–water partition coefficient (Wildman–Crippen LogP) is 0.367. The van der Waals surface area contributed by atoms with Crippen LogP contribution in [-0.4, -0.2) is 23.4 Å². The Morgan fingerprint density at radius 1 is 1.12 bits per heavy atom. The Kier molecular flexibility index (Phi) is 2.96. The first-order valence-electron chi connectivity index (χ1n) is 2.56. The van der Waals surface area contributed by atoms with Gasteiger partial charge in [-0.2, -0.15) is 0 Å². The van der Waals surface area contributed by atoms with Gasteiger partial charge in [0.1, 0.15) is 0 Å². The van der Waals surface area contributed by atoms with Gasteiger partial charge in [0.25, 0.3) is 0 Å². The maximum atomic E-state index is 10.4. The fraction of sp³-hybridized carbons (Fsp3) is 0.600. The van der Waals surface area contributed by atoms with E-state index in [1.54, 1.807) is 5.79 Å². The van der Waals surface area contributed by atoms with Crippen LogP contribution in [0.2, 0.25) is 5.79 Å². The first-order chi connectivity index (χ1) is 3.55. The fourth-order valence-corrected chi connectivity index (χ4v) is 0.859. The van der Waals surface area contributed by atoms with Crippen molar-refractivity contribution in [2.75, 3.05) is 0 Å². The van der Waals surface area contributed by atoms with Gasteiger partial charge in [-0.1, -0.05) is 5.79 Å². The largest absolute Gasteiger partial charge is 0.457 e. The van der Waals surface area contributed by atoms with E-state index < -0.39 is 14.1 Å². The lowest BCUT2D eigenvalue weighted by Crippen LogP contribution is -2.27. The summed E-state index contributed by atoms with van der Waals surface area (Å²) in [5, 5.41) is 0. The highest BCUT2D eigenvalue weighted by molar-refractivity contribution is 7.09. The van der Waals surface area contributed by atoms with Crippen molar-refractivity contribution < 1.29 is 9.59 Å². The monoisotopic (exact) mass is 128 g/mol. The van der Waals surface area contributed by atoms with Gasteiger partial charge in [-0.15, -0.1) is 0 Å². The van der Waals surface area contributed by atoms with Crippen LogP contribution in [0.15, 0.2) is 0 Å². The van der Waals surface area contributed by atoms with Gasteiger partial charge in [-0.3, -0.25) is 0 Å². The van der Waals surface area contributed by atoms with Crippen LogP contribution in [0.5, 0.6) is 0 Å². The summed E-state index contributed by atoms with van der Waals surface area (Å²) in [6.45, 7) is 2.97. The third-order valence-corrected chi connectivity index (χ3v) is 3.66. The molecule has 0 aliphatic carbocycles. The minimum atomic E-state index is -1.63. The molecule has 2 nitrogen and oxygen atoms in total. The molecule has 0 heterocycles. The zero-order chi connectivity index (χ0) is 6.73. The van der Waals surface area contributed by atoms with Crippen LogP contribution in [0.4, 0.5) is 0 Å². The van der Waals surface area contributed by atoms with Crippen molar-refractivity contribution in [1.29, 1.82) is 0 Å². The number of hydrogen-bond donors (Lipinski definition) is 0. The Hall–Kier alpha value is -0.128. The van der Waals surface area contributed by atoms with Crippen molar-refractivity contribution in [3.05, 3.63) is 0 Å². The Morgan fingerprint density at radius 2 is 1.38 bits per heavy atom. The van der Waals surface area contributed by atoms with Crippen molar-refractivity contribution in [2.45, 2.75) is 19.6 Å². The third-order valence-electron chi connectivity index (χ3n) is 1.22. The number of carbonyl (C=O) groups is 2.